The molecule has 2 aromatic heterocycles. The highest BCUT2D eigenvalue weighted by molar-refractivity contribution is 6.01. The van der Waals surface area contributed by atoms with Crippen LogP contribution in [0.1, 0.15) is 43.8 Å². The summed E-state index contributed by atoms with van der Waals surface area (Å²) in [6.07, 6.45) is 6.58. The Labute approximate surface area is 219 Å². The zero-order valence-electron chi connectivity index (χ0n) is 20.8. The number of pyridine rings is 1. The Bertz CT molecular complexity index is 1360. The lowest BCUT2D eigenvalue weighted by molar-refractivity contribution is -0.127. The average Bonchev–Trinajstić information content (AvgIpc) is 3.42. The number of carbonyl (C=O) groups is 2. The van der Waals surface area contributed by atoms with Crippen molar-refractivity contribution in [2.45, 2.75) is 50.7 Å². The maximum Gasteiger partial charge on any atom is 0.251 e. The number of rotatable bonds is 8. The molecule has 194 valence electrons. The fourth-order valence-electron chi connectivity index (χ4n) is 4.70. The fourth-order valence-corrected chi connectivity index (χ4v) is 4.70. The molecular formula is C28H28FN7O2. The number of nitrogens with one attached hydrogen (secondary N) is 1. The molecule has 1 aliphatic rings. The summed E-state index contributed by atoms with van der Waals surface area (Å²) in [4.78, 5) is 34.6. The van der Waals surface area contributed by atoms with Crippen LogP contribution in [-0.2, 0) is 16.1 Å². The topological polar surface area (TPSA) is 106 Å². The van der Waals surface area contributed by atoms with E-state index in [1.807, 2.05) is 30.3 Å². The molecule has 5 rings (SSSR count). The lowest BCUT2D eigenvalue weighted by atomic mass is 9.95. The molecule has 0 saturated heterocycles. The van der Waals surface area contributed by atoms with E-state index in [2.05, 4.69) is 25.7 Å². The van der Waals surface area contributed by atoms with Crippen molar-refractivity contribution >= 4 is 17.5 Å². The largest absolute Gasteiger partial charge is 0.351 e. The predicted molar refractivity (Wildman–Crippen MR) is 139 cm³/mol. The second-order valence-electron chi connectivity index (χ2n) is 9.25. The first-order valence-corrected chi connectivity index (χ1v) is 12.7. The maximum atomic E-state index is 13.9. The van der Waals surface area contributed by atoms with Gasteiger partial charge in [0.2, 0.25) is 11.7 Å². The second-order valence-corrected chi connectivity index (χ2v) is 9.25. The van der Waals surface area contributed by atoms with Gasteiger partial charge in [-0.05, 0) is 54.5 Å². The molecule has 2 aromatic carbocycles. The van der Waals surface area contributed by atoms with Crippen molar-refractivity contribution in [1.29, 1.82) is 0 Å². The average molecular weight is 514 g/mol. The zero-order chi connectivity index (χ0) is 26.3. The lowest BCUT2D eigenvalue weighted by Crippen LogP contribution is -2.48. The van der Waals surface area contributed by atoms with Crippen LogP contribution in [-0.4, -0.2) is 43.0 Å². The molecular weight excluding hydrogens is 485 g/mol. The van der Waals surface area contributed by atoms with Gasteiger partial charge >= 0.3 is 0 Å². The van der Waals surface area contributed by atoms with Crippen molar-refractivity contribution in [2.24, 2.45) is 0 Å². The molecule has 1 atom stereocenters. The molecule has 1 fully saturated rings. The Morgan fingerprint density at radius 1 is 0.974 bits per heavy atom. The highest BCUT2D eigenvalue weighted by atomic mass is 19.1. The number of halogens is 1. The van der Waals surface area contributed by atoms with Gasteiger partial charge in [-0.2, -0.15) is 4.80 Å². The van der Waals surface area contributed by atoms with Crippen LogP contribution < -0.4 is 10.2 Å². The second kappa shape index (κ2) is 11.7. The van der Waals surface area contributed by atoms with Crippen LogP contribution in [0.15, 0.2) is 79.0 Å². The molecule has 10 heteroatoms. The standard InChI is InChI=1S/C28H28FN7O2/c29-21-14-16-23(17-15-21)36(25(37)19-35-33-27(32-34-35)20-9-3-1-4-10-20)26(24-13-7-8-18-30-24)28(38)31-22-11-5-2-6-12-22/h1,3-4,7-10,13-18,22,26H,2,5-6,11-12,19H2,(H,31,38). The van der Waals surface area contributed by atoms with E-state index in [4.69, 9.17) is 0 Å². The van der Waals surface area contributed by atoms with Crippen molar-refractivity contribution < 1.29 is 14.0 Å². The molecule has 0 radical (unpaired) electrons. The van der Waals surface area contributed by atoms with Gasteiger partial charge in [0.15, 0.2) is 6.04 Å². The molecule has 1 saturated carbocycles. The number of nitrogens with zero attached hydrogens (tertiary/aromatic N) is 6. The van der Waals surface area contributed by atoms with E-state index in [-0.39, 0.29) is 18.5 Å². The highest BCUT2D eigenvalue weighted by Crippen LogP contribution is 2.29. The van der Waals surface area contributed by atoms with Gasteiger partial charge in [0.1, 0.15) is 12.4 Å². The van der Waals surface area contributed by atoms with Crippen LogP contribution in [0.4, 0.5) is 10.1 Å². The molecule has 2 heterocycles. The summed E-state index contributed by atoms with van der Waals surface area (Å²) in [5, 5.41) is 15.6. The summed E-state index contributed by atoms with van der Waals surface area (Å²) in [5.41, 5.74) is 1.52. The third-order valence-corrected chi connectivity index (χ3v) is 6.56. The number of carbonyl (C=O) groups excluding carboxylic acids is 2. The Morgan fingerprint density at radius 3 is 2.42 bits per heavy atom. The van der Waals surface area contributed by atoms with Crippen LogP contribution in [0, 0.1) is 5.82 Å². The van der Waals surface area contributed by atoms with Crippen LogP contribution in [0.5, 0.6) is 0 Å². The summed E-state index contributed by atoms with van der Waals surface area (Å²) in [5.74, 6) is -0.886. The van der Waals surface area contributed by atoms with Crippen LogP contribution >= 0.6 is 0 Å². The molecule has 2 amide bonds. The van der Waals surface area contributed by atoms with Crippen LogP contribution in [0.25, 0.3) is 11.4 Å². The minimum absolute atomic E-state index is 0.0260. The Hall–Kier alpha value is -4.47. The number of aromatic nitrogens is 5. The zero-order valence-corrected chi connectivity index (χ0v) is 20.8. The van der Waals surface area contributed by atoms with Gasteiger partial charge in [-0.1, -0.05) is 55.7 Å². The smallest absolute Gasteiger partial charge is 0.251 e. The van der Waals surface area contributed by atoms with E-state index >= 15 is 0 Å². The van der Waals surface area contributed by atoms with E-state index in [0.29, 0.717) is 17.2 Å². The Balaban J connectivity index is 1.48. The minimum Gasteiger partial charge on any atom is -0.351 e. The Kier molecular flexibility index (Phi) is 7.77. The first kappa shape index (κ1) is 25.2. The summed E-state index contributed by atoms with van der Waals surface area (Å²) < 4.78 is 13.8. The molecule has 1 unspecified atom stereocenters. The molecule has 1 N–H and O–H groups in total. The summed E-state index contributed by atoms with van der Waals surface area (Å²) >= 11 is 0. The number of anilines is 1. The van der Waals surface area contributed by atoms with Gasteiger partial charge in [0.05, 0.1) is 5.69 Å². The molecule has 0 aliphatic heterocycles. The summed E-state index contributed by atoms with van der Waals surface area (Å²) in [7, 11) is 0. The monoisotopic (exact) mass is 513 g/mol. The molecule has 0 bridgehead atoms. The van der Waals surface area contributed by atoms with Gasteiger partial charge in [-0.3, -0.25) is 19.5 Å². The normalized spacial score (nSPS) is 14.6. The first-order chi connectivity index (χ1) is 18.6. The van der Waals surface area contributed by atoms with E-state index in [9.17, 15) is 14.0 Å². The van der Waals surface area contributed by atoms with E-state index in [1.54, 1.807) is 24.4 Å². The lowest BCUT2D eigenvalue weighted by Gasteiger charge is -2.32. The third kappa shape index (κ3) is 5.91. The van der Waals surface area contributed by atoms with Crippen molar-refractivity contribution in [3.8, 4) is 11.4 Å². The molecule has 4 aromatic rings. The Morgan fingerprint density at radius 2 is 1.71 bits per heavy atom. The number of benzene rings is 2. The van der Waals surface area contributed by atoms with Crippen LogP contribution in [0.2, 0.25) is 0 Å². The molecule has 9 nitrogen and oxygen atoms in total. The number of hydrogen-bond acceptors (Lipinski definition) is 6. The number of amides is 2. The van der Waals surface area contributed by atoms with E-state index in [1.165, 1.54) is 34.0 Å². The van der Waals surface area contributed by atoms with Gasteiger partial charge < -0.3 is 5.32 Å². The predicted octanol–water partition coefficient (Wildman–Crippen LogP) is 4.10. The number of tetrazole rings is 1. The van der Waals surface area contributed by atoms with Gasteiger partial charge in [-0.15, -0.1) is 10.2 Å². The molecule has 1 aliphatic carbocycles. The minimum atomic E-state index is -1.08. The number of hydrogen-bond donors (Lipinski definition) is 1. The first-order valence-electron chi connectivity index (χ1n) is 12.7. The van der Waals surface area contributed by atoms with Crippen molar-refractivity contribution in [2.75, 3.05) is 4.90 Å². The summed E-state index contributed by atoms with van der Waals surface area (Å²) in [6, 6.07) is 18.9. The van der Waals surface area contributed by atoms with Crippen molar-refractivity contribution in [1.82, 2.24) is 30.5 Å². The maximum absolute atomic E-state index is 13.9. The van der Waals surface area contributed by atoms with Crippen molar-refractivity contribution in [3.05, 3.63) is 90.5 Å². The quantitative estimate of drug-likeness (QED) is 0.380. The summed E-state index contributed by atoms with van der Waals surface area (Å²) in [6.45, 7) is -0.281. The van der Waals surface area contributed by atoms with E-state index < -0.39 is 17.8 Å². The van der Waals surface area contributed by atoms with Crippen LogP contribution in [0.3, 0.4) is 0 Å². The van der Waals surface area contributed by atoms with Gasteiger partial charge in [-0.25, -0.2) is 4.39 Å². The molecule has 0 spiro atoms. The third-order valence-electron chi connectivity index (χ3n) is 6.56. The highest BCUT2D eigenvalue weighted by Gasteiger charge is 2.35. The fraction of sp³-hybridized carbons (Fsp3) is 0.286. The van der Waals surface area contributed by atoms with Crippen molar-refractivity contribution in [3.63, 3.8) is 0 Å². The van der Waals surface area contributed by atoms with Gasteiger partial charge in [0.25, 0.3) is 5.91 Å². The van der Waals surface area contributed by atoms with E-state index in [0.717, 1.165) is 37.7 Å². The van der Waals surface area contributed by atoms with Gasteiger partial charge in [0, 0.05) is 23.5 Å². The molecule has 38 heavy (non-hydrogen) atoms. The SMILES string of the molecule is O=C(NC1CCCCC1)C(c1ccccn1)N(C(=O)Cn1nnc(-c2ccccc2)n1)c1ccc(F)cc1.